The van der Waals surface area contributed by atoms with Crippen molar-refractivity contribution >= 4 is 24.8 Å². The van der Waals surface area contributed by atoms with Gasteiger partial charge in [-0.2, -0.15) is 0 Å². The number of hydrogen-bond acceptors (Lipinski definition) is 6. The van der Waals surface area contributed by atoms with Crippen LogP contribution in [0.5, 0.6) is 5.75 Å². The summed E-state index contributed by atoms with van der Waals surface area (Å²) in [6.07, 6.45) is 3.59. The van der Waals surface area contributed by atoms with Gasteiger partial charge in [-0.25, -0.2) is 0 Å². The third kappa shape index (κ3) is 9.42. The van der Waals surface area contributed by atoms with Crippen molar-refractivity contribution in [2.45, 2.75) is 63.8 Å². The number of halogens is 2. The Bertz CT molecular complexity index is 611. The maximum atomic E-state index is 10.3. The van der Waals surface area contributed by atoms with Gasteiger partial charge in [0.15, 0.2) is 0 Å². The number of aliphatic hydroxyl groups excluding tert-OH is 1. The monoisotopic (exact) mass is 477 g/mol. The summed E-state index contributed by atoms with van der Waals surface area (Å²) in [7, 11) is 0. The van der Waals surface area contributed by atoms with E-state index in [1.54, 1.807) is 0 Å². The lowest BCUT2D eigenvalue weighted by Gasteiger charge is -2.38. The molecule has 0 spiro atoms. The number of likely N-dealkylation sites (tertiary alicyclic amines) is 2. The van der Waals surface area contributed by atoms with Crippen molar-refractivity contribution in [2.24, 2.45) is 11.7 Å². The molecule has 0 aliphatic carbocycles. The number of β-amino-alcohol motifs (C(OH)–C–C–N with tert-alkyl or cyclic N) is 1. The van der Waals surface area contributed by atoms with Crippen molar-refractivity contribution in [3.8, 4) is 5.75 Å². The summed E-state index contributed by atoms with van der Waals surface area (Å²) in [5.74, 6) is 1.14. The second-order valence-electron chi connectivity index (χ2n) is 9.45. The Kier molecular flexibility index (Phi) is 12.1. The van der Waals surface area contributed by atoms with E-state index in [0.29, 0.717) is 25.1 Å². The van der Waals surface area contributed by atoms with E-state index in [0.717, 1.165) is 64.2 Å². The van der Waals surface area contributed by atoms with Gasteiger partial charge in [-0.1, -0.05) is 12.1 Å². The van der Waals surface area contributed by atoms with Gasteiger partial charge in [0.25, 0.3) is 0 Å². The minimum Gasteiger partial charge on any atom is -0.491 e. The van der Waals surface area contributed by atoms with Crippen LogP contribution in [0.4, 0.5) is 0 Å². The molecule has 0 radical (unpaired) electrons. The molecule has 2 fully saturated rings. The maximum Gasteiger partial charge on any atom is 0.119 e. The number of nitrogens with two attached hydrogens (primary N) is 1. The highest BCUT2D eigenvalue weighted by Gasteiger charge is 2.30. The minimum absolute atomic E-state index is 0. The standard InChI is InChI=1S/C23H39N3O3.2ClH/c1-23(2,28)19-7-11-26(12-8-19)16-21(27)17-29-22-5-3-18(4-6-22)15-25-13-9-20(24)10-14-25;;/h3-6,19-21,27-28H,7-17,24H2,1-2H3;2*1H. The normalized spacial score (nSPS) is 20.5. The van der Waals surface area contributed by atoms with Crippen LogP contribution >= 0.6 is 24.8 Å². The Morgan fingerprint density at radius 1 is 1.00 bits per heavy atom. The molecule has 1 aromatic rings. The van der Waals surface area contributed by atoms with Gasteiger partial charge >= 0.3 is 0 Å². The van der Waals surface area contributed by atoms with Crippen molar-refractivity contribution in [3.05, 3.63) is 29.8 Å². The second kappa shape index (κ2) is 13.2. The van der Waals surface area contributed by atoms with Crippen LogP contribution < -0.4 is 10.5 Å². The van der Waals surface area contributed by atoms with Crippen LogP contribution in [0.1, 0.15) is 45.1 Å². The largest absolute Gasteiger partial charge is 0.491 e. The topological polar surface area (TPSA) is 82.2 Å². The summed E-state index contributed by atoms with van der Waals surface area (Å²) in [6.45, 7) is 9.63. The summed E-state index contributed by atoms with van der Waals surface area (Å²) in [6, 6.07) is 8.57. The lowest BCUT2D eigenvalue weighted by molar-refractivity contribution is -0.0206. The number of benzene rings is 1. The van der Waals surface area contributed by atoms with E-state index in [9.17, 15) is 10.2 Å². The van der Waals surface area contributed by atoms with Gasteiger partial charge in [0.2, 0.25) is 0 Å². The van der Waals surface area contributed by atoms with Crippen molar-refractivity contribution in [1.82, 2.24) is 9.80 Å². The lowest BCUT2D eigenvalue weighted by Crippen LogP contribution is -2.45. The Hall–Kier alpha value is -0.600. The molecular formula is C23H41Cl2N3O3. The van der Waals surface area contributed by atoms with Crippen molar-refractivity contribution < 1.29 is 14.9 Å². The van der Waals surface area contributed by atoms with E-state index >= 15 is 0 Å². The summed E-state index contributed by atoms with van der Waals surface area (Å²) in [5.41, 5.74) is 6.64. The average Bonchev–Trinajstić information content (AvgIpc) is 2.69. The molecule has 2 aliphatic heterocycles. The Morgan fingerprint density at radius 3 is 2.10 bits per heavy atom. The molecule has 1 aromatic carbocycles. The fourth-order valence-corrected chi connectivity index (χ4v) is 4.43. The van der Waals surface area contributed by atoms with Gasteiger partial charge in [0, 0.05) is 19.1 Å². The van der Waals surface area contributed by atoms with Gasteiger partial charge in [-0.05, 0) is 89.3 Å². The molecule has 2 aliphatic rings. The molecule has 1 atom stereocenters. The number of ether oxygens (including phenoxy) is 1. The van der Waals surface area contributed by atoms with E-state index in [1.165, 1.54) is 5.56 Å². The zero-order chi connectivity index (χ0) is 20.9. The molecule has 2 saturated heterocycles. The van der Waals surface area contributed by atoms with Crippen LogP contribution in [-0.2, 0) is 6.54 Å². The van der Waals surface area contributed by atoms with Crippen LogP contribution in [0, 0.1) is 5.92 Å². The van der Waals surface area contributed by atoms with Gasteiger partial charge in [0.05, 0.1) is 5.60 Å². The molecule has 8 heteroatoms. The highest BCUT2D eigenvalue weighted by molar-refractivity contribution is 5.85. The van der Waals surface area contributed by atoms with Crippen molar-refractivity contribution in [2.75, 3.05) is 39.3 Å². The molecule has 0 bridgehead atoms. The van der Waals surface area contributed by atoms with E-state index < -0.39 is 11.7 Å². The summed E-state index contributed by atoms with van der Waals surface area (Å²) in [5, 5.41) is 20.5. The summed E-state index contributed by atoms with van der Waals surface area (Å²) < 4.78 is 5.80. The predicted octanol–water partition coefficient (Wildman–Crippen LogP) is 2.68. The highest BCUT2D eigenvalue weighted by atomic mass is 35.5. The molecule has 4 N–H and O–H groups in total. The molecule has 31 heavy (non-hydrogen) atoms. The first-order chi connectivity index (χ1) is 13.8. The smallest absolute Gasteiger partial charge is 0.119 e. The second-order valence-corrected chi connectivity index (χ2v) is 9.45. The van der Waals surface area contributed by atoms with Crippen LogP contribution in [-0.4, -0.2) is 77.1 Å². The van der Waals surface area contributed by atoms with Gasteiger partial charge < -0.3 is 25.6 Å². The first-order valence-corrected chi connectivity index (χ1v) is 11.1. The number of rotatable bonds is 8. The first-order valence-electron chi connectivity index (χ1n) is 11.1. The zero-order valence-electron chi connectivity index (χ0n) is 18.9. The number of piperidine rings is 2. The van der Waals surface area contributed by atoms with Crippen LogP contribution in [0.2, 0.25) is 0 Å². The molecule has 1 unspecified atom stereocenters. The Morgan fingerprint density at radius 2 is 1.55 bits per heavy atom. The summed E-state index contributed by atoms with van der Waals surface area (Å²) in [4.78, 5) is 4.72. The molecule has 3 rings (SSSR count). The Balaban J connectivity index is 0.00000240. The predicted molar refractivity (Wildman–Crippen MR) is 130 cm³/mol. The zero-order valence-corrected chi connectivity index (χ0v) is 20.5. The van der Waals surface area contributed by atoms with Crippen LogP contribution in [0.15, 0.2) is 24.3 Å². The van der Waals surface area contributed by atoms with Crippen LogP contribution in [0.3, 0.4) is 0 Å². The molecule has 2 heterocycles. The van der Waals surface area contributed by atoms with Gasteiger partial charge in [0.1, 0.15) is 18.5 Å². The third-order valence-corrected chi connectivity index (χ3v) is 6.46. The van der Waals surface area contributed by atoms with Crippen molar-refractivity contribution in [3.63, 3.8) is 0 Å². The molecule has 6 nitrogen and oxygen atoms in total. The fourth-order valence-electron chi connectivity index (χ4n) is 4.43. The number of nitrogens with zero attached hydrogens (tertiary/aromatic N) is 2. The molecule has 0 saturated carbocycles. The lowest BCUT2D eigenvalue weighted by atomic mass is 9.83. The van der Waals surface area contributed by atoms with E-state index in [-0.39, 0.29) is 24.8 Å². The number of hydrogen-bond donors (Lipinski definition) is 3. The van der Waals surface area contributed by atoms with Gasteiger partial charge in [-0.3, -0.25) is 4.90 Å². The van der Waals surface area contributed by atoms with E-state index in [4.69, 9.17) is 10.5 Å². The van der Waals surface area contributed by atoms with E-state index in [1.807, 2.05) is 26.0 Å². The minimum atomic E-state index is -0.610. The molecular weight excluding hydrogens is 437 g/mol. The molecule has 0 amide bonds. The SMILES string of the molecule is CC(C)(O)C1CCN(CC(O)COc2ccc(CN3CCC(N)CC3)cc2)CC1.Cl.Cl. The molecule has 0 aromatic heterocycles. The molecule has 180 valence electrons. The first kappa shape index (κ1) is 28.4. The third-order valence-electron chi connectivity index (χ3n) is 6.46. The van der Waals surface area contributed by atoms with E-state index in [2.05, 4.69) is 21.9 Å². The quantitative estimate of drug-likeness (QED) is 0.533. The van der Waals surface area contributed by atoms with Crippen LogP contribution in [0.25, 0.3) is 0 Å². The Labute approximate surface area is 199 Å². The fraction of sp³-hybridized carbons (Fsp3) is 0.739. The maximum absolute atomic E-state index is 10.3. The van der Waals surface area contributed by atoms with Gasteiger partial charge in [-0.15, -0.1) is 24.8 Å². The van der Waals surface area contributed by atoms with Crippen molar-refractivity contribution in [1.29, 1.82) is 0 Å². The highest BCUT2D eigenvalue weighted by Crippen LogP contribution is 2.27. The number of aliphatic hydroxyl groups is 2. The average molecular weight is 479 g/mol. The summed E-state index contributed by atoms with van der Waals surface area (Å²) >= 11 is 0.